The highest BCUT2D eigenvalue weighted by atomic mass is 16.5. The van der Waals surface area contributed by atoms with Gasteiger partial charge in [0.2, 0.25) is 5.91 Å². The van der Waals surface area contributed by atoms with E-state index >= 15 is 0 Å². The lowest BCUT2D eigenvalue weighted by molar-refractivity contribution is -0.186. The molecule has 1 aliphatic heterocycles. The molecule has 3 nitrogen and oxygen atoms in total. The topological polar surface area (TPSA) is 29.5 Å². The number of rotatable bonds is 0. The average Bonchev–Trinajstić information content (AvgIpc) is 1.79. The lowest BCUT2D eigenvalue weighted by atomic mass is 9.99. The predicted octanol–water partition coefficient (Wildman–Crippen LogP) is 1.42. The molecule has 0 aliphatic carbocycles. The molecule has 76 valence electrons. The van der Waals surface area contributed by atoms with E-state index in [-0.39, 0.29) is 17.1 Å². The van der Waals surface area contributed by atoms with Crippen LogP contribution in [0, 0.1) is 0 Å². The zero-order valence-electron chi connectivity index (χ0n) is 9.18. The van der Waals surface area contributed by atoms with Crippen LogP contribution in [-0.4, -0.2) is 35.1 Å². The fourth-order valence-electron chi connectivity index (χ4n) is 2.01. The maximum Gasteiger partial charge on any atom is 0.219 e. The number of ether oxygens (including phenoxy) is 1. The van der Waals surface area contributed by atoms with Crippen LogP contribution in [0.3, 0.4) is 0 Å². The number of morpholine rings is 1. The monoisotopic (exact) mass is 185 g/mol. The van der Waals surface area contributed by atoms with Crippen molar-refractivity contribution in [1.29, 1.82) is 0 Å². The summed E-state index contributed by atoms with van der Waals surface area (Å²) in [6, 6.07) is 0. The minimum atomic E-state index is -0.229. The molecule has 0 saturated carbocycles. The Balaban J connectivity index is 2.78. The molecule has 0 N–H and O–H groups in total. The van der Waals surface area contributed by atoms with E-state index < -0.39 is 0 Å². The van der Waals surface area contributed by atoms with Crippen LogP contribution in [0.15, 0.2) is 0 Å². The second-order valence-electron chi connectivity index (χ2n) is 5.00. The molecular weight excluding hydrogens is 166 g/mol. The summed E-state index contributed by atoms with van der Waals surface area (Å²) >= 11 is 0. The Morgan fingerprint density at radius 2 is 1.54 bits per heavy atom. The van der Waals surface area contributed by atoms with Crippen LogP contribution in [-0.2, 0) is 9.53 Å². The maximum atomic E-state index is 11.2. The van der Waals surface area contributed by atoms with Crippen LogP contribution in [0.2, 0.25) is 0 Å². The number of carbonyl (C=O) groups excluding carboxylic acids is 1. The van der Waals surface area contributed by atoms with E-state index in [1.807, 2.05) is 32.6 Å². The van der Waals surface area contributed by atoms with E-state index in [1.165, 1.54) is 0 Å². The van der Waals surface area contributed by atoms with Crippen molar-refractivity contribution < 1.29 is 9.53 Å². The molecule has 0 unspecified atom stereocenters. The summed E-state index contributed by atoms with van der Waals surface area (Å²) in [6.45, 7) is 11.1. The predicted molar refractivity (Wildman–Crippen MR) is 51.5 cm³/mol. The molecule has 0 spiro atoms. The summed E-state index contributed by atoms with van der Waals surface area (Å²) < 4.78 is 5.85. The van der Waals surface area contributed by atoms with E-state index in [1.54, 1.807) is 6.92 Å². The first-order valence-corrected chi connectivity index (χ1v) is 4.68. The molecule has 0 aromatic carbocycles. The smallest absolute Gasteiger partial charge is 0.219 e. The SMILES string of the molecule is CC(=O)N1CC(C)(C)OC(C)(C)C1. The van der Waals surface area contributed by atoms with Gasteiger partial charge in [-0.3, -0.25) is 4.79 Å². The molecule has 1 fully saturated rings. The maximum absolute atomic E-state index is 11.2. The Kier molecular flexibility index (Phi) is 2.41. The van der Waals surface area contributed by atoms with Gasteiger partial charge in [-0.15, -0.1) is 0 Å². The first kappa shape index (κ1) is 10.5. The van der Waals surface area contributed by atoms with Gasteiger partial charge in [0.25, 0.3) is 0 Å². The largest absolute Gasteiger partial charge is 0.366 e. The number of hydrogen-bond donors (Lipinski definition) is 0. The first-order valence-electron chi connectivity index (χ1n) is 4.68. The normalized spacial score (nSPS) is 25.8. The third kappa shape index (κ3) is 2.69. The molecule has 1 rings (SSSR count). The summed E-state index contributed by atoms with van der Waals surface area (Å²) in [7, 11) is 0. The summed E-state index contributed by atoms with van der Waals surface area (Å²) in [5.74, 6) is 0.129. The number of amides is 1. The molecule has 0 bridgehead atoms. The molecular formula is C10H19NO2. The fraction of sp³-hybridized carbons (Fsp3) is 0.900. The van der Waals surface area contributed by atoms with Crippen molar-refractivity contribution in [3.05, 3.63) is 0 Å². The van der Waals surface area contributed by atoms with Crippen molar-refractivity contribution in [3.63, 3.8) is 0 Å². The molecule has 1 heterocycles. The summed E-state index contributed by atoms with van der Waals surface area (Å²) in [4.78, 5) is 13.1. The van der Waals surface area contributed by atoms with Crippen molar-refractivity contribution in [3.8, 4) is 0 Å². The van der Waals surface area contributed by atoms with Gasteiger partial charge in [0.15, 0.2) is 0 Å². The van der Waals surface area contributed by atoms with Crippen LogP contribution in [0.25, 0.3) is 0 Å². The van der Waals surface area contributed by atoms with E-state index in [9.17, 15) is 4.79 Å². The zero-order valence-corrected chi connectivity index (χ0v) is 9.18. The molecule has 1 saturated heterocycles. The quantitative estimate of drug-likeness (QED) is 0.571. The number of hydrogen-bond acceptors (Lipinski definition) is 2. The molecule has 1 amide bonds. The van der Waals surface area contributed by atoms with Gasteiger partial charge in [-0.25, -0.2) is 0 Å². The van der Waals surface area contributed by atoms with Gasteiger partial charge < -0.3 is 9.64 Å². The lowest BCUT2D eigenvalue weighted by Crippen LogP contribution is -2.58. The van der Waals surface area contributed by atoms with Crippen molar-refractivity contribution in [2.24, 2.45) is 0 Å². The molecule has 0 atom stereocenters. The van der Waals surface area contributed by atoms with Crippen molar-refractivity contribution in [2.75, 3.05) is 13.1 Å². The standard InChI is InChI=1S/C10H19NO2/c1-8(12)11-6-9(2,3)13-10(4,5)7-11/h6-7H2,1-5H3. The second-order valence-corrected chi connectivity index (χ2v) is 5.00. The minimum Gasteiger partial charge on any atom is -0.366 e. The van der Waals surface area contributed by atoms with Crippen molar-refractivity contribution >= 4 is 5.91 Å². The van der Waals surface area contributed by atoms with Crippen molar-refractivity contribution in [1.82, 2.24) is 4.90 Å². The van der Waals surface area contributed by atoms with E-state index in [4.69, 9.17) is 4.74 Å². The summed E-state index contributed by atoms with van der Waals surface area (Å²) in [5, 5.41) is 0. The zero-order chi connectivity index (χ0) is 10.3. The van der Waals surface area contributed by atoms with E-state index in [0.29, 0.717) is 13.1 Å². The molecule has 0 aromatic heterocycles. The highest BCUT2D eigenvalue weighted by Crippen LogP contribution is 2.27. The molecule has 13 heavy (non-hydrogen) atoms. The van der Waals surface area contributed by atoms with Gasteiger partial charge in [-0.2, -0.15) is 0 Å². The molecule has 0 aromatic rings. The van der Waals surface area contributed by atoms with Gasteiger partial charge >= 0.3 is 0 Å². The Morgan fingerprint density at radius 1 is 1.15 bits per heavy atom. The van der Waals surface area contributed by atoms with Crippen LogP contribution in [0.4, 0.5) is 0 Å². The van der Waals surface area contributed by atoms with Gasteiger partial charge in [0, 0.05) is 20.0 Å². The van der Waals surface area contributed by atoms with E-state index in [2.05, 4.69) is 0 Å². The third-order valence-corrected chi connectivity index (χ3v) is 2.14. The number of carbonyl (C=O) groups is 1. The van der Waals surface area contributed by atoms with E-state index in [0.717, 1.165) is 0 Å². The average molecular weight is 185 g/mol. The molecule has 0 radical (unpaired) electrons. The van der Waals surface area contributed by atoms with Gasteiger partial charge in [0.1, 0.15) is 0 Å². The molecule has 3 heteroatoms. The minimum absolute atomic E-state index is 0.129. The van der Waals surface area contributed by atoms with Crippen molar-refractivity contribution in [2.45, 2.75) is 45.8 Å². The molecule has 1 aliphatic rings. The highest BCUT2D eigenvalue weighted by molar-refractivity contribution is 5.73. The Morgan fingerprint density at radius 3 is 1.85 bits per heavy atom. The van der Waals surface area contributed by atoms with Gasteiger partial charge in [-0.1, -0.05) is 0 Å². The van der Waals surface area contributed by atoms with Crippen LogP contribution in [0.5, 0.6) is 0 Å². The third-order valence-electron chi connectivity index (χ3n) is 2.14. The lowest BCUT2D eigenvalue weighted by Gasteiger charge is -2.46. The summed E-state index contributed by atoms with van der Waals surface area (Å²) in [5.41, 5.74) is -0.458. The van der Waals surface area contributed by atoms with Crippen LogP contribution in [0.1, 0.15) is 34.6 Å². The van der Waals surface area contributed by atoms with Crippen LogP contribution >= 0.6 is 0 Å². The van der Waals surface area contributed by atoms with Gasteiger partial charge in [-0.05, 0) is 27.7 Å². The first-order chi connectivity index (χ1) is 5.72. The number of nitrogens with zero attached hydrogens (tertiary/aromatic N) is 1. The van der Waals surface area contributed by atoms with Crippen LogP contribution < -0.4 is 0 Å². The summed E-state index contributed by atoms with van der Waals surface area (Å²) in [6.07, 6.45) is 0. The van der Waals surface area contributed by atoms with Gasteiger partial charge in [0.05, 0.1) is 11.2 Å². The fourth-order valence-corrected chi connectivity index (χ4v) is 2.01. The Bertz CT molecular complexity index is 205. The second kappa shape index (κ2) is 2.98. The highest BCUT2D eigenvalue weighted by Gasteiger charge is 2.38. The Hall–Kier alpha value is -0.570. The Labute approximate surface area is 80.1 Å².